The first kappa shape index (κ1) is 22.2. The van der Waals surface area contributed by atoms with Crippen molar-refractivity contribution in [3.05, 3.63) is 53.7 Å². The third-order valence-electron chi connectivity index (χ3n) is 4.12. The molecule has 1 atom stereocenters. The Bertz CT molecular complexity index is 1160. The number of aromatic nitrogens is 2. The first-order valence-electron chi connectivity index (χ1n) is 8.67. The zero-order valence-corrected chi connectivity index (χ0v) is 18.8. The molecule has 0 saturated carbocycles. The number of hydrogen-bond acceptors (Lipinski definition) is 8. The molecule has 0 fully saturated rings. The quantitative estimate of drug-likeness (QED) is 0.395. The predicted molar refractivity (Wildman–Crippen MR) is 119 cm³/mol. The van der Waals surface area contributed by atoms with Crippen molar-refractivity contribution < 1.29 is 18.1 Å². The molecule has 8 nitrogen and oxygen atoms in total. The van der Waals surface area contributed by atoms with Gasteiger partial charge in [-0.2, -0.15) is 4.98 Å². The Morgan fingerprint density at radius 3 is 2.53 bits per heavy atom. The lowest BCUT2D eigenvalue weighted by Crippen LogP contribution is -2.07. The molecule has 0 saturated heterocycles. The smallest absolute Gasteiger partial charge is 0.229 e. The molecule has 0 aliphatic heterocycles. The lowest BCUT2D eigenvalue weighted by atomic mass is 10.3. The van der Waals surface area contributed by atoms with Crippen LogP contribution in [0.25, 0.3) is 0 Å². The first-order valence-corrected chi connectivity index (χ1v) is 12.7. The van der Waals surface area contributed by atoms with Crippen molar-refractivity contribution in [2.24, 2.45) is 0 Å². The zero-order chi connectivity index (χ0) is 21.9. The Hall–Kier alpha value is -2.45. The highest BCUT2D eigenvalue weighted by molar-refractivity contribution is 7.79. The summed E-state index contributed by atoms with van der Waals surface area (Å²) < 4.78 is 40.6. The molecule has 0 aliphatic rings. The van der Waals surface area contributed by atoms with Crippen LogP contribution in [0.4, 0.5) is 23.1 Å². The van der Waals surface area contributed by atoms with Gasteiger partial charge in [0.05, 0.1) is 24.7 Å². The molecule has 1 unspecified atom stereocenters. The fraction of sp³-hybridized carbons (Fsp3) is 0.158. The van der Waals surface area contributed by atoms with Gasteiger partial charge < -0.3 is 24.5 Å². The van der Waals surface area contributed by atoms with E-state index in [1.54, 1.807) is 49.7 Å². The summed E-state index contributed by atoms with van der Waals surface area (Å²) in [7, 11) is -0.933. The van der Waals surface area contributed by atoms with Crippen LogP contribution in [0, 0.1) is 0 Å². The number of nitrogens with zero attached hydrogens (tertiary/aromatic N) is 2. The number of para-hydroxylation sites is 1. The number of ether oxygens (including phenoxy) is 1. The maximum atomic E-state index is 12.3. The van der Waals surface area contributed by atoms with Gasteiger partial charge in [0.25, 0.3) is 0 Å². The molecule has 2 N–H and O–H groups in total. The molecule has 3 rings (SSSR count). The molecule has 0 amide bonds. The van der Waals surface area contributed by atoms with Crippen LogP contribution in [-0.2, 0) is 15.6 Å². The van der Waals surface area contributed by atoms with Gasteiger partial charge in [-0.1, -0.05) is 23.7 Å². The fourth-order valence-electron chi connectivity index (χ4n) is 2.60. The summed E-state index contributed by atoms with van der Waals surface area (Å²) in [6.07, 6.45) is 1.39. The number of anilines is 4. The van der Waals surface area contributed by atoms with E-state index in [0.717, 1.165) is 0 Å². The largest absolute Gasteiger partial charge is 0.768 e. The Labute approximate surface area is 181 Å². The van der Waals surface area contributed by atoms with Crippen LogP contribution >= 0.6 is 18.7 Å². The van der Waals surface area contributed by atoms with Crippen molar-refractivity contribution in [2.75, 3.05) is 31.1 Å². The van der Waals surface area contributed by atoms with Crippen LogP contribution in [0.1, 0.15) is 0 Å². The van der Waals surface area contributed by atoms with Gasteiger partial charge in [0.15, 0.2) is 5.82 Å². The summed E-state index contributed by atoms with van der Waals surface area (Å²) in [6.45, 7) is 3.36. The van der Waals surface area contributed by atoms with Crippen LogP contribution in [0.3, 0.4) is 0 Å². The van der Waals surface area contributed by atoms with Gasteiger partial charge in [-0.05, 0) is 54.7 Å². The van der Waals surface area contributed by atoms with Gasteiger partial charge in [0, 0.05) is 10.2 Å². The molecule has 2 aromatic carbocycles. The first-order chi connectivity index (χ1) is 14.2. The second-order valence-corrected chi connectivity index (χ2v) is 11.1. The van der Waals surface area contributed by atoms with Gasteiger partial charge in [0.1, 0.15) is 17.9 Å². The second kappa shape index (κ2) is 9.14. The van der Waals surface area contributed by atoms with Gasteiger partial charge in [-0.3, -0.25) is 4.21 Å². The highest BCUT2D eigenvalue weighted by Gasteiger charge is 2.15. The maximum Gasteiger partial charge on any atom is 0.229 e. The molecular formula is C19H19ClN4O4PS-. The average Bonchev–Trinajstić information content (AvgIpc) is 2.70. The number of methoxy groups -OCH3 is 1. The van der Waals surface area contributed by atoms with Crippen LogP contribution in [0.2, 0.25) is 5.02 Å². The van der Waals surface area contributed by atoms with Crippen LogP contribution in [0.15, 0.2) is 53.6 Å². The molecule has 1 heterocycles. The predicted octanol–water partition coefficient (Wildman–Crippen LogP) is 4.11. The SMILES string of the molecule is COc1cc(P(C)(C)=O)ccc1Nc1ncc(Cl)c(Nc2ccccc2S(=O)[O-])n1. The maximum absolute atomic E-state index is 12.3. The van der Waals surface area contributed by atoms with Gasteiger partial charge >= 0.3 is 0 Å². The normalized spacial score (nSPS) is 12.3. The number of rotatable bonds is 7. The topological polar surface area (TPSA) is 116 Å². The number of halogens is 1. The minimum Gasteiger partial charge on any atom is -0.768 e. The summed E-state index contributed by atoms with van der Waals surface area (Å²) in [4.78, 5) is 8.57. The van der Waals surface area contributed by atoms with Crippen LogP contribution in [-0.4, -0.2) is 39.2 Å². The molecule has 3 aromatic rings. The van der Waals surface area contributed by atoms with E-state index < -0.39 is 18.2 Å². The molecule has 11 heteroatoms. The van der Waals surface area contributed by atoms with E-state index in [2.05, 4.69) is 20.6 Å². The van der Waals surface area contributed by atoms with Crippen molar-refractivity contribution in [2.45, 2.75) is 4.90 Å². The molecular weight excluding hydrogens is 447 g/mol. The van der Waals surface area contributed by atoms with Gasteiger partial charge in [0.2, 0.25) is 5.95 Å². The second-order valence-electron chi connectivity index (χ2n) is 6.61. The lowest BCUT2D eigenvalue weighted by Gasteiger charge is -2.16. The number of nitrogens with one attached hydrogen (secondary N) is 2. The third kappa shape index (κ3) is 5.17. The summed E-state index contributed by atoms with van der Waals surface area (Å²) in [5.41, 5.74) is 0.907. The average molecular weight is 466 g/mol. The molecule has 30 heavy (non-hydrogen) atoms. The van der Waals surface area contributed by atoms with Crippen molar-refractivity contribution in [3.63, 3.8) is 0 Å². The summed E-state index contributed by atoms with van der Waals surface area (Å²) in [6, 6.07) is 11.6. The van der Waals surface area contributed by atoms with Crippen molar-refractivity contribution in [1.29, 1.82) is 0 Å². The third-order valence-corrected chi connectivity index (χ3v) is 6.63. The molecule has 0 spiro atoms. The molecule has 1 aromatic heterocycles. The van der Waals surface area contributed by atoms with E-state index >= 15 is 0 Å². The number of hydrogen-bond donors (Lipinski definition) is 2. The van der Waals surface area contributed by atoms with Gasteiger partial charge in [-0.25, -0.2) is 4.98 Å². The summed E-state index contributed by atoms with van der Waals surface area (Å²) in [5.74, 6) is 0.927. The Morgan fingerprint density at radius 1 is 1.13 bits per heavy atom. The van der Waals surface area contributed by atoms with Gasteiger partial charge in [-0.15, -0.1) is 0 Å². The lowest BCUT2D eigenvalue weighted by molar-refractivity contribution is 0.417. The van der Waals surface area contributed by atoms with E-state index in [1.807, 2.05) is 0 Å². The van der Waals surface area contributed by atoms with Crippen molar-refractivity contribution in [1.82, 2.24) is 9.97 Å². The molecule has 0 bridgehead atoms. The van der Waals surface area contributed by atoms with Crippen molar-refractivity contribution in [3.8, 4) is 5.75 Å². The monoisotopic (exact) mass is 465 g/mol. The highest BCUT2D eigenvalue weighted by atomic mass is 35.5. The van der Waals surface area contributed by atoms with E-state index in [1.165, 1.54) is 19.4 Å². The minimum absolute atomic E-state index is 0.0857. The Balaban J connectivity index is 1.91. The van der Waals surface area contributed by atoms with Crippen LogP contribution < -0.4 is 20.7 Å². The standard InChI is InChI=1S/C19H20ClN4O4PS/c1-28-16-10-12(29(2,3)25)8-9-14(16)23-19-21-11-13(20)18(24-19)22-15-6-4-5-7-17(15)30(26)27/h4-11H,1-3H3,(H,26,27)(H2,21,22,23,24)/p-1. The van der Waals surface area contributed by atoms with Crippen LogP contribution in [0.5, 0.6) is 5.75 Å². The molecule has 158 valence electrons. The molecule has 0 aliphatic carbocycles. The number of benzene rings is 2. The van der Waals surface area contributed by atoms with E-state index in [4.69, 9.17) is 16.3 Å². The fourth-order valence-corrected chi connectivity index (χ4v) is 4.08. The van der Waals surface area contributed by atoms with Crippen molar-refractivity contribution >= 4 is 58.3 Å². The summed E-state index contributed by atoms with van der Waals surface area (Å²) in [5, 5.41) is 6.86. The molecule has 0 radical (unpaired) electrons. The highest BCUT2D eigenvalue weighted by Crippen LogP contribution is 2.38. The Morgan fingerprint density at radius 2 is 1.87 bits per heavy atom. The van der Waals surface area contributed by atoms with E-state index in [9.17, 15) is 13.3 Å². The van der Waals surface area contributed by atoms with E-state index in [-0.39, 0.29) is 21.7 Å². The minimum atomic E-state index is -2.44. The zero-order valence-electron chi connectivity index (χ0n) is 16.4. The Kier molecular flexibility index (Phi) is 6.77. The van der Waals surface area contributed by atoms with E-state index in [0.29, 0.717) is 22.4 Å². The summed E-state index contributed by atoms with van der Waals surface area (Å²) >= 11 is 3.76.